The van der Waals surface area contributed by atoms with Crippen LogP contribution < -0.4 is 5.73 Å². The minimum absolute atomic E-state index is 0.406. The van der Waals surface area contributed by atoms with E-state index < -0.39 is 11.6 Å². The molecule has 0 aromatic rings. The van der Waals surface area contributed by atoms with E-state index in [1.165, 1.54) is 0 Å². The van der Waals surface area contributed by atoms with Gasteiger partial charge >= 0.3 is 0 Å². The third-order valence-electron chi connectivity index (χ3n) is 1.79. The van der Waals surface area contributed by atoms with Crippen LogP contribution in [0, 0.1) is 11.8 Å². The van der Waals surface area contributed by atoms with Crippen LogP contribution in [0.4, 0.5) is 0 Å². The first-order valence-electron chi connectivity index (χ1n) is 4.03. The lowest BCUT2D eigenvalue weighted by Crippen LogP contribution is -2.36. The SMILES string of the molecule is CCC(N)(C#CC(C)O)CC. The average molecular weight is 155 g/mol. The van der Waals surface area contributed by atoms with Crippen LogP contribution in [0.2, 0.25) is 0 Å². The highest BCUT2D eigenvalue weighted by Gasteiger charge is 2.15. The lowest BCUT2D eigenvalue weighted by molar-refractivity contribution is 0.253. The molecular formula is C9H17NO. The van der Waals surface area contributed by atoms with Gasteiger partial charge in [-0.15, -0.1) is 0 Å². The largest absolute Gasteiger partial charge is 0.381 e. The Bertz CT molecular complexity index is 160. The van der Waals surface area contributed by atoms with Gasteiger partial charge in [-0.05, 0) is 19.8 Å². The summed E-state index contributed by atoms with van der Waals surface area (Å²) in [6, 6.07) is 0. The first-order chi connectivity index (χ1) is 5.04. The maximum Gasteiger partial charge on any atom is 0.112 e. The predicted molar refractivity (Wildman–Crippen MR) is 47.0 cm³/mol. The van der Waals surface area contributed by atoms with Crippen molar-refractivity contribution in [3.63, 3.8) is 0 Å². The first-order valence-corrected chi connectivity index (χ1v) is 4.03. The summed E-state index contributed by atoms with van der Waals surface area (Å²) >= 11 is 0. The minimum atomic E-state index is -0.573. The topological polar surface area (TPSA) is 46.2 Å². The van der Waals surface area contributed by atoms with E-state index in [2.05, 4.69) is 11.8 Å². The molecular weight excluding hydrogens is 138 g/mol. The lowest BCUT2D eigenvalue weighted by atomic mass is 9.95. The molecule has 0 spiro atoms. The zero-order valence-corrected chi connectivity index (χ0v) is 7.52. The molecule has 0 aromatic carbocycles. The molecule has 0 aliphatic rings. The van der Waals surface area contributed by atoms with Gasteiger partial charge in [0.15, 0.2) is 0 Å². The molecule has 0 heterocycles. The van der Waals surface area contributed by atoms with E-state index >= 15 is 0 Å². The number of hydrogen-bond donors (Lipinski definition) is 2. The molecule has 0 aromatic heterocycles. The molecule has 0 fully saturated rings. The second kappa shape index (κ2) is 4.38. The lowest BCUT2D eigenvalue weighted by Gasteiger charge is -2.18. The van der Waals surface area contributed by atoms with Crippen molar-refractivity contribution in [2.24, 2.45) is 5.73 Å². The van der Waals surface area contributed by atoms with Crippen LogP contribution in [0.3, 0.4) is 0 Å². The molecule has 0 bridgehead atoms. The Morgan fingerprint density at radius 1 is 1.45 bits per heavy atom. The molecule has 0 saturated heterocycles. The molecule has 0 aliphatic heterocycles. The van der Waals surface area contributed by atoms with Crippen LogP contribution in [0.15, 0.2) is 0 Å². The van der Waals surface area contributed by atoms with Gasteiger partial charge in [-0.1, -0.05) is 25.7 Å². The van der Waals surface area contributed by atoms with Crippen LogP contribution in [-0.4, -0.2) is 16.7 Å². The van der Waals surface area contributed by atoms with Crippen molar-refractivity contribution in [2.45, 2.75) is 45.3 Å². The van der Waals surface area contributed by atoms with Crippen molar-refractivity contribution in [1.29, 1.82) is 0 Å². The number of aliphatic hydroxyl groups excluding tert-OH is 1. The summed E-state index contributed by atoms with van der Waals surface area (Å²) in [6.45, 7) is 5.64. The third kappa shape index (κ3) is 4.02. The van der Waals surface area contributed by atoms with E-state index in [1.807, 2.05) is 13.8 Å². The summed E-state index contributed by atoms with van der Waals surface area (Å²) in [5, 5.41) is 8.88. The molecule has 2 heteroatoms. The molecule has 0 aliphatic carbocycles. The number of aliphatic hydroxyl groups is 1. The summed E-state index contributed by atoms with van der Waals surface area (Å²) < 4.78 is 0. The van der Waals surface area contributed by atoms with Crippen LogP contribution in [0.1, 0.15) is 33.6 Å². The number of hydrogen-bond acceptors (Lipinski definition) is 2. The van der Waals surface area contributed by atoms with Gasteiger partial charge in [0.2, 0.25) is 0 Å². The van der Waals surface area contributed by atoms with E-state index in [4.69, 9.17) is 10.8 Å². The van der Waals surface area contributed by atoms with Crippen molar-refractivity contribution in [2.75, 3.05) is 0 Å². The summed E-state index contributed by atoms with van der Waals surface area (Å²) in [4.78, 5) is 0. The highest BCUT2D eigenvalue weighted by atomic mass is 16.3. The molecule has 0 rings (SSSR count). The fraction of sp³-hybridized carbons (Fsp3) is 0.778. The van der Waals surface area contributed by atoms with Gasteiger partial charge in [-0.3, -0.25) is 0 Å². The molecule has 11 heavy (non-hydrogen) atoms. The van der Waals surface area contributed by atoms with Crippen molar-refractivity contribution in [3.8, 4) is 11.8 Å². The Labute approximate surface area is 68.8 Å². The van der Waals surface area contributed by atoms with Gasteiger partial charge in [0.1, 0.15) is 6.10 Å². The summed E-state index contributed by atoms with van der Waals surface area (Å²) in [6.07, 6.45) is 1.07. The third-order valence-corrected chi connectivity index (χ3v) is 1.79. The highest BCUT2D eigenvalue weighted by molar-refractivity contribution is 5.17. The standard InChI is InChI=1S/C9H17NO/c1-4-9(10,5-2)7-6-8(3)11/h8,11H,4-5,10H2,1-3H3. The zero-order valence-electron chi connectivity index (χ0n) is 7.52. The summed E-state index contributed by atoms with van der Waals surface area (Å²) in [7, 11) is 0. The smallest absolute Gasteiger partial charge is 0.112 e. The van der Waals surface area contributed by atoms with Crippen LogP contribution >= 0.6 is 0 Å². The fourth-order valence-corrected chi connectivity index (χ4v) is 0.675. The van der Waals surface area contributed by atoms with Gasteiger partial charge in [0.05, 0.1) is 5.54 Å². The molecule has 1 unspecified atom stereocenters. The van der Waals surface area contributed by atoms with Crippen LogP contribution in [0.25, 0.3) is 0 Å². The summed E-state index contributed by atoms with van der Waals surface area (Å²) in [5.41, 5.74) is 5.45. The second-order valence-corrected chi connectivity index (χ2v) is 2.81. The Balaban J connectivity index is 4.21. The average Bonchev–Trinajstić information content (AvgIpc) is 2.00. The molecule has 0 radical (unpaired) electrons. The van der Waals surface area contributed by atoms with E-state index in [0.717, 1.165) is 12.8 Å². The van der Waals surface area contributed by atoms with Crippen molar-refractivity contribution < 1.29 is 5.11 Å². The predicted octanol–water partition coefficient (Wildman–Crippen LogP) is 0.888. The molecule has 3 N–H and O–H groups in total. The Morgan fingerprint density at radius 3 is 2.18 bits per heavy atom. The van der Waals surface area contributed by atoms with Gasteiger partial charge < -0.3 is 10.8 Å². The summed E-state index contributed by atoms with van der Waals surface area (Å²) in [5.74, 6) is 5.54. The Morgan fingerprint density at radius 2 is 1.91 bits per heavy atom. The monoisotopic (exact) mass is 155 g/mol. The van der Waals surface area contributed by atoms with Crippen molar-refractivity contribution in [1.82, 2.24) is 0 Å². The number of rotatable bonds is 2. The minimum Gasteiger partial charge on any atom is -0.381 e. The molecule has 1 atom stereocenters. The van der Waals surface area contributed by atoms with Gasteiger partial charge in [-0.25, -0.2) is 0 Å². The van der Waals surface area contributed by atoms with Crippen molar-refractivity contribution >= 4 is 0 Å². The van der Waals surface area contributed by atoms with Gasteiger partial charge in [-0.2, -0.15) is 0 Å². The van der Waals surface area contributed by atoms with E-state index in [1.54, 1.807) is 6.92 Å². The Kier molecular flexibility index (Phi) is 4.17. The highest BCUT2D eigenvalue weighted by Crippen LogP contribution is 2.08. The first kappa shape index (κ1) is 10.5. The molecule has 2 nitrogen and oxygen atoms in total. The quantitative estimate of drug-likeness (QED) is 0.582. The van der Waals surface area contributed by atoms with Crippen LogP contribution in [0.5, 0.6) is 0 Å². The second-order valence-electron chi connectivity index (χ2n) is 2.81. The van der Waals surface area contributed by atoms with Crippen LogP contribution in [-0.2, 0) is 0 Å². The zero-order chi connectivity index (χ0) is 8.91. The van der Waals surface area contributed by atoms with E-state index in [9.17, 15) is 0 Å². The fourth-order valence-electron chi connectivity index (χ4n) is 0.675. The maximum atomic E-state index is 8.88. The van der Waals surface area contributed by atoms with Gasteiger partial charge in [0.25, 0.3) is 0 Å². The number of nitrogens with two attached hydrogens (primary N) is 1. The van der Waals surface area contributed by atoms with E-state index in [0.29, 0.717) is 0 Å². The molecule has 0 saturated carbocycles. The Hall–Kier alpha value is -0.520. The maximum absolute atomic E-state index is 8.88. The molecule has 0 amide bonds. The van der Waals surface area contributed by atoms with E-state index in [-0.39, 0.29) is 0 Å². The van der Waals surface area contributed by atoms with Gasteiger partial charge in [0, 0.05) is 0 Å². The molecule has 64 valence electrons. The van der Waals surface area contributed by atoms with Crippen molar-refractivity contribution in [3.05, 3.63) is 0 Å². The normalized spacial score (nSPS) is 13.5.